The molecule has 2 atom stereocenters. The maximum absolute atomic E-state index is 10.9. The lowest BCUT2D eigenvalue weighted by atomic mass is 10.1. The fraction of sp³-hybridized carbons (Fsp3) is 0.500. The maximum Gasteiger partial charge on any atom is 0.310 e. The van der Waals surface area contributed by atoms with Crippen molar-refractivity contribution >= 4 is 11.8 Å². The first-order valence-corrected chi connectivity index (χ1v) is 6.49. The molecule has 5 nitrogen and oxygen atoms in total. The minimum absolute atomic E-state index is 0.0235. The van der Waals surface area contributed by atoms with Gasteiger partial charge >= 0.3 is 5.97 Å². The van der Waals surface area contributed by atoms with Crippen molar-refractivity contribution in [2.75, 3.05) is 5.32 Å². The Morgan fingerprint density at radius 3 is 2.74 bits per heavy atom. The van der Waals surface area contributed by atoms with E-state index in [0.717, 1.165) is 17.3 Å². The van der Waals surface area contributed by atoms with Crippen molar-refractivity contribution in [3.05, 3.63) is 29.7 Å². The van der Waals surface area contributed by atoms with Crippen molar-refractivity contribution in [3.63, 3.8) is 0 Å². The van der Waals surface area contributed by atoms with Crippen LogP contribution in [0.3, 0.4) is 0 Å². The number of aromatic nitrogens is 2. The zero-order valence-corrected chi connectivity index (χ0v) is 11.4. The molecule has 1 aromatic rings. The number of hydrogen-bond acceptors (Lipinski definition) is 4. The van der Waals surface area contributed by atoms with Gasteiger partial charge in [0.2, 0.25) is 0 Å². The van der Waals surface area contributed by atoms with Crippen LogP contribution in [0.4, 0.5) is 5.82 Å². The number of aryl methyl sites for hydroxylation is 1. The zero-order chi connectivity index (χ0) is 14.0. The highest BCUT2D eigenvalue weighted by Gasteiger charge is 2.24. The van der Waals surface area contributed by atoms with E-state index in [1.165, 1.54) is 0 Å². The van der Waals surface area contributed by atoms with E-state index >= 15 is 0 Å². The van der Waals surface area contributed by atoms with Crippen LogP contribution in [-0.2, 0) is 4.79 Å². The third kappa shape index (κ3) is 3.30. The smallest absolute Gasteiger partial charge is 0.310 e. The van der Waals surface area contributed by atoms with Crippen LogP contribution >= 0.6 is 0 Å². The summed E-state index contributed by atoms with van der Waals surface area (Å²) < 4.78 is 0. The maximum atomic E-state index is 10.9. The Morgan fingerprint density at radius 1 is 1.42 bits per heavy atom. The molecule has 0 bridgehead atoms. The van der Waals surface area contributed by atoms with Crippen molar-refractivity contribution in [2.45, 2.75) is 39.2 Å². The molecule has 0 amide bonds. The van der Waals surface area contributed by atoms with Gasteiger partial charge in [0.15, 0.2) is 0 Å². The quantitative estimate of drug-likeness (QED) is 0.814. The molecule has 2 N–H and O–H groups in total. The number of rotatable bonds is 4. The summed E-state index contributed by atoms with van der Waals surface area (Å²) >= 11 is 0. The molecule has 0 radical (unpaired) electrons. The van der Waals surface area contributed by atoms with Crippen LogP contribution in [0, 0.1) is 12.8 Å². The van der Waals surface area contributed by atoms with Gasteiger partial charge in [0, 0.05) is 23.7 Å². The summed E-state index contributed by atoms with van der Waals surface area (Å²) in [5.41, 5.74) is 0.915. The molecule has 0 spiro atoms. The molecule has 0 aliphatic heterocycles. The Labute approximate surface area is 112 Å². The predicted molar refractivity (Wildman–Crippen MR) is 73.2 cm³/mol. The van der Waals surface area contributed by atoms with E-state index in [2.05, 4.69) is 29.1 Å². The molecule has 0 fully saturated rings. The standard InChI is InChI=1S/C14H19N3O2/c1-8(2)13-15-9(3)6-12(17-13)16-11-5-4-10(7-11)14(18)19/h4-6,8,10-11H,7H2,1-3H3,(H,18,19)(H,15,16,17). The van der Waals surface area contributed by atoms with Crippen LogP contribution in [0.5, 0.6) is 0 Å². The van der Waals surface area contributed by atoms with Crippen LogP contribution in [0.2, 0.25) is 0 Å². The van der Waals surface area contributed by atoms with Crippen LogP contribution < -0.4 is 5.32 Å². The summed E-state index contributed by atoms with van der Waals surface area (Å²) in [6.07, 6.45) is 4.19. The lowest BCUT2D eigenvalue weighted by Gasteiger charge is -2.14. The zero-order valence-electron chi connectivity index (χ0n) is 11.4. The third-order valence-electron chi connectivity index (χ3n) is 3.12. The fourth-order valence-corrected chi connectivity index (χ4v) is 2.10. The molecular weight excluding hydrogens is 242 g/mol. The van der Waals surface area contributed by atoms with Crippen molar-refractivity contribution < 1.29 is 9.90 Å². The first kappa shape index (κ1) is 13.5. The van der Waals surface area contributed by atoms with Crippen molar-refractivity contribution in [2.24, 2.45) is 5.92 Å². The van der Waals surface area contributed by atoms with Crippen LogP contribution in [0.15, 0.2) is 18.2 Å². The van der Waals surface area contributed by atoms with Crippen LogP contribution in [0.1, 0.15) is 37.7 Å². The van der Waals surface area contributed by atoms with Crippen molar-refractivity contribution in [3.8, 4) is 0 Å². The lowest BCUT2D eigenvalue weighted by Crippen LogP contribution is -2.20. The van der Waals surface area contributed by atoms with E-state index < -0.39 is 11.9 Å². The second-order valence-corrected chi connectivity index (χ2v) is 5.22. The molecule has 0 saturated heterocycles. The minimum Gasteiger partial charge on any atom is -0.481 e. The van der Waals surface area contributed by atoms with Gasteiger partial charge in [-0.1, -0.05) is 26.0 Å². The van der Waals surface area contributed by atoms with Gasteiger partial charge in [0.1, 0.15) is 11.6 Å². The van der Waals surface area contributed by atoms with Crippen molar-refractivity contribution in [1.29, 1.82) is 0 Å². The lowest BCUT2D eigenvalue weighted by molar-refractivity contribution is -0.140. The van der Waals surface area contributed by atoms with E-state index in [-0.39, 0.29) is 12.0 Å². The normalized spacial score (nSPS) is 21.9. The molecule has 1 aliphatic carbocycles. The first-order valence-electron chi connectivity index (χ1n) is 6.49. The molecule has 0 aromatic carbocycles. The molecule has 19 heavy (non-hydrogen) atoms. The highest BCUT2D eigenvalue weighted by atomic mass is 16.4. The van der Waals surface area contributed by atoms with Crippen molar-refractivity contribution in [1.82, 2.24) is 9.97 Å². The summed E-state index contributed by atoms with van der Waals surface area (Å²) in [4.78, 5) is 19.7. The molecule has 102 valence electrons. The fourth-order valence-electron chi connectivity index (χ4n) is 2.10. The number of hydrogen-bond donors (Lipinski definition) is 2. The molecule has 5 heteroatoms. The highest BCUT2D eigenvalue weighted by Crippen LogP contribution is 2.22. The van der Waals surface area contributed by atoms with Gasteiger partial charge in [-0.3, -0.25) is 4.79 Å². The monoisotopic (exact) mass is 261 g/mol. The second kappa shape index (κ2) is 5.38. The molecular formula is C14H19N3O2. The van der Waals surface area contributed by atoms with E-state index in [1.54, 1.807) is 6.08 Å². The first-order chi connectivity index (χ1) is 8.95. The Morgan fingerprint density at radius 2 is 2.16 bits per heavy atom. The number of carboxylic acids is 1. The van der Waals surface area contributed by atoms with Gasteiger partial charge < -0.3 is 10.4 Å². The van der Waals surface area contributed by atoms with Gasteiger partial charge in [0.05, 0.1) is 5.92 Å². The van der Waals surface area contributed by atoms with E-state index in [0.29, 0.717) is 6.42 Å². The summed E-state index contributed by atoms with van der Waals surface area (Å²) in [5.74, 6) is 0.662. The summed E-state index contributed by atoms with van der Waals surface area (Å²) in [6, 6.07) is 1.91. The third-order valence-corrected chi connectivity index (χ3v) is 3.12. The van der Waals surface area contributed by atoms with Gasteiger partial charge in [0.25, 0.3) is 0 Å². The molecule has 1 aliphatic rings. The number of nitrogens with zero attached hydrogens (tertiary/aromatic N) is 2. The van der Waals surface area contributed by atoms with Gasteiger partial charge in [-0.25, -0.2) is 9.97 Å². The topological polar surface area (TPSA) is 75.1 Å². The van der Waals surface area contributed by atoms with Gasteiger partial charge in [-0.15, -0.1) is 0 Å². The summed E-state index contributed by atoms with van der Waals surface area (Å²) in [5, 5.41) is 12.2. The summed E-state index contributed by atoms with van der Waals surface area (Å²) in [7, 11) is 0. The Hall–Kier alpha value is -1.91. The van der Waals surface area contributed by atoms with Gasteiger partial charge in [-0.2, -0.15) is 0 Å². The SMILES string of the molecule is Cc1cc(NC2C=CC(C(=O)O)C2)nc(C(C)C)n1. The highest BCUT2D eigenvalue weighted by molar-refractivity contribution is 5.73. The average molecular weight is 261 g/mol. The largest absolute Gasteiger partial charge is 0.481 e. The van der Waals surface area contributed by atoms with Crippen LogP contribution in [-0.4, -0.2) is 27.1 Å². The minimum atomic E-state index is -0.776. The number of nitrogens with one attached hydrogen (secondary N) is 1. The molecule has 1 heterocycles. The molecule has 2 unspecified atom stereocenters. The number of carbonyl (C=O) groups is 1. The van der Waals surface area contributed by atoms with Crippen LogP contribution in [0.25, 0.3) is 0 Å². The Bertz CT molecular complexity index is 511. The van der Waals surface area contributed by atoms with E-state index in [9.17, 15) is 4.79 Å². The average Bonchev–Trinajstić information content (AvgIpc) is 2.76. The Kier molecular flexibility index (Phi) is 3.83. The van der Waals surface area contributed by atoms with Gasteiger partial charge in [-0.05, 0) is 13.3 Å². The molecule has 0 saturated carbocycles. The molecule has 2 rings (SSSR count). The number of anilines is 1. The van der Waals surface area contributed by atoms with E-state index in [1.807, 2.05) is 19.1 Å². The second-order valence-electron chi connectivity index (χ2n) is 5.22. The number of aliphatic carboxylic acids is 1. The Balaban J connectivity index is 2.08. The predicted octanol–water partition coefficient (Wildman–Crippen LogP) is 2.35. The number of carboxylic acid groups (broad SMARTS) is 1. The van der Waals surface area contributed by atoms with E-state index in [4.69, 9.17) is 5.11 Å². The molecule has 1 aromatic heterocycles. The summed E-state index contributed by atoms with van der Waals surface area (Å²) in [6.45, 7) is 6.03.